The standard InChI is InChI=1S/C24H24Br2ClN3O5/c1-5-7-19-29-17-9-8-15(25)11-16(17)23(31)30(19)28-12-14-10-18(34-6-2)22(21(27)20(14)26)35-13(3)24(32)33-4/h8-13H,5-7H2,1-4H3/t13-/m0/s1. The first kappa shape index (κ1) is 27.2. The van der Waals surface area contributed by atoms with Crippen LogP contribution < -0.4 is 15.0 Å². The maximum atomic E-state index is 13.2. The Labute approximate surface area is 224 Å². The molecule has 0 aliphatic heterocycles. The van der Waals surface area contributed by atoms with E-state index in [9.17, 15) is 9.59 Å². The molecular formula is C24H24Br2ClN3O5. The predicted octanol–water partition coefficient (Wildman–Crippen LogP) is 5.75. The zero-order valence-electron chi connectivity index (χ0n) is 19.6. The third-order valence-corrected chi connectivity index (χ3v) is 6.88. The van der Waals surface area contributed by atoms with Gasteiger partial charge in [0.25, 0.3) is 5.56 Å². The van der Waals surface area contributed by atoms with Crippen LogP contribution in [0.5, 0.6) is 11.5 Å². The van der Waals surface area contributed by atoms with E-state index >= 15 is 0 Å². The van der Waals surface area contributed by atoms with E-state index in [1.807, 2.05) is 19.9 Å². The van der Waals surface area contributed by atoms with Crippen molar-refractivity contribution >= 4 is 66.5 Å². The summed E-state index contributed by atoms with van der Waals surface area (Å²) in [6, 6.07) is 7.03. The Kier molecular flexibility index (Phi) is 9.32. The molecule has 11 heteroatoms. The van der Waals surface area contributed by atoms with Crippen LogP contribution in [0.4, 0.5) is 0 Å². The molecule has 0 saturated carbocycles. The van der Waals surface area contributed by atoms with E-state index in [4.69, 9.17) is 25.8 Å². The summed E-state index contributed by atoms with van der Waals surface area (Å²) in [5.74, 6) is 0.502. The van der Waals surface area contributed by atoms with Crippen LogP contribution >= 0.6 is 43.5 Å². The number of rotatable bonds is 9. The fraction of sp³-hybridized carbons (Fsp3) is 0.333. The first-order chi connectivity index (χ1) is 16.7. The monoisotopic (exact) mass is 627 g/mol. The van der Waals surface area contributed by atoms with E-state index in [-0.39, 0.29) is 16.3 Å². The predicted molar refractivity (Wildman–Crippen MR) is 143 cm³/mol. The Balaban J connectivity index is 2.11. The third kappa shape index (κ3) is 6.05. The number of hydrogen-bond acceptors (Lipinski definition) is 7. The smallest absolute Gasteiger partial charge is 0.346 e. The maximum Gasteiger partial charge on any atom is 0.346 e. The van der Waals surface area contributed by atoms with Crippen LogP contribution in [0.3, 0.4) is 0 Å². The van der Waals surface area contributed by atoms with Gasteiger partial charge in [-0.15, -0.1) is 0 Å². The molecule has 0 saturated heterocycles. The van der Waals surface area contributed by atoms with Crippen molar-refractivity contribution < 1.29 is 19.0 Å². The number of halogens is 3. The van der Waals surface area contributed by atoms with Crippen molar-refractivity contribution in [2.75, 3.05) is 13.7 Å². The summed E-state index contributed by atoms with van der Waals surface area (Å²) in [4.78, 5) is 29.7. The van der Waals surface area contributed by atoms with E-state index in [2.05, 4.69) is 41.9 Å². The Morgan fingerprint density at radius 1 is 1.29 bits per heavy atom. The first-order valence-electron chi connectivity index (χ1n) is 10.9. The normalized spacial score (nSPS) is 12.2. The molecule has 0 N–H and O–H groups in total. The molecule has 3 rings (SSSR count). The number of esters is 1. The highest BCUT2D eigenvalue weighted by Crippen LogP contribution is 2.42. The molecule has 186 valence electrons. The van der Waals surface area contributed by atoms with Crippen LogP contribution in [0, 0.1) is 0 Å². The summed E-state index contributed by atoms with van der Waals surface area (Å²) in [5, 5.41) is 5.09. The molecule has 1 heterocycles. The molecule has 1 atom stereocenters. The molecule has 0 amide bonds. The lowest BCUT2D eigenvalue weighted by molar-refractivity contribution is -0.147. The van der Waals surface area contributed by atoms with Crippen LogP contribution in [0.2, 0.25) is 5.02 Å². The van der Waals surface area contributed by atoms with Crippen molar-refractivity contribution in [1.29, 1.82) is 0 Å². The van der Waals surface area contributed by atoms with Crippen molar-refractivity contribution in [3.63, 3.8) is 0 Å². The van der Waals surface area contributed by atoms with Gasteiger partial charge in [0.2, 0.25) is 0 Å². The topological polar surface area (TPSA) is 92.0 Å². The molecule has 0 unspecified atom stereocenters. The Morgan fingerprint density at radius 2 is 2.03 bits per heavy atom. The molecule has 1 aromatic heterocycles. The molecular weight excluding hydrogens is 606 g/mol. The molecule has 3 aromatic rings. The van der Waals surface area contributed by atoms with Crippen molar-refractivity contribution in [3.05, 3.63) is 60.0 Å². The minimum atomic E-state index is -0.902. The molecule has 2 aromatic carbocycles. The SMILES string of the molecule is CCCc1nc2ccc(Br)cc2c(=O)n1N=Cc1cc(OCC)c(O[C@@H](C)C(=O)OC)c(Cl)c1Br. The Hall–Kier alpha value is -2.43. The lowest BCUT2D eigenvalue weighted by atomic mass is 10.2. The van der Waals surface area contributed by atoms with Gasteiger partial charge in [-0.3, -0.25) is 4.79 Å². The average Bonchev–Trinajstić information content (AvgIpc) is 2.84. The van der Waals surface area contributed by atoms with Gasteiger partial charge in [0, 0.05) is 20.9 Å². The van der Waals surface area contributed by atoms with E-state index in [1.165, 1.54) is 18.0 Å². The number of aryl methyl sites for hydroxylation is 1. The minimum Gasteiger partial charge on any atom is -0.490 e. The van der Waals surface area contributed by atoms with E-state index in [0.29, 0.717) is 45.5 Å². The van der Waals surface area contributed by atoms with Crippen molar-refractivity contribution in [2.24, 2.45) is 5.10 Å². The summed E-state index contributed by atoms with van der Waals surface area (Å²) in [6.45, 7) is 5.70. The summed E-state index contributed by atoms with van der Waals surface area (Å²) >= 11 is 13.4. The quantitative estimate of drug-likeness (QED) is 0.221. The average molecular weight is 630 g/mol. The summed E-state index contributed by atoms with van der Waals surface area (Å²) in [6.07, 6.45) is 1.96. The number of hydrogen-bond donors (Lipinski definition) is 0. The fourth-order valence-electron chi connectivity index (χ4n) is 3.28. The molecule has 0 bridgehead atoms. The number of benzene rings is 2. The highest BCUT2D eigenvalue weighted by atomic mass is 79.9. The van der Waals surface area contributed by atoms with Gasteiger partial charge in [-0.1, -0.05) is 34.5 Å². The number of methoxy groups -OCH3 is 1. The number of nitrogens with zero attached hydrogens (tertiary/aromatic N) is 3. The molecule has 35 heavy (non-hydrogen) atoms. The lowest BCUT2D eigenvalue weighted by Crippen LogP contribution is -2.25. The Morgan fingerprint density at radius 3 is 2.69 bits per heavy atom. The van der Waals surface area contributed by atoms with Gasteiger partial charge in [-0.05, 0) is 60.5 Å². The van der Waals surface area contributed by atoms with Gasteiger partial charge in [-0.2, -0.15) is 9.78 Å². The fourth-order valence-corrected chi connectivity index (χ4v) is 4.29. The first-order valence-corrected chi connectivity index (χ1v) is 12.8. The van der Waals surface area contributed by atoms with Crippen molar-refractivity contribution in [2.45, 2.75) is 39.7 Å². The lowest BCUT2D eigenvalue weighted by Gasteiger charge is -2.19. The molecule has 0 aliphatic carbocycles. The summed E-state index contributed by atoms with van der Waals surface area (Å²) in [5.41, 5.74) is 0.868. The van der Waals surface area contributed by atoms with Crippen LogP contribution in [0.1, 0.15) is 38.6 Å². The van der Waals surface area contributed by atoms with Gasteiger partial charge in [0.1, 0.15) is 10.8 Å². The van der Waals surface area contributed by atoms with Crippen LogP contribution in [0.25, 0.3) is 10.9 Å². The second-order valence-corrected chi connectivity index (χ2v) is 9.52. The van der Waals surface area contributed by atoms with Crippen molar-refractivity contribution in [3.8, 4) is 11.5 Å². The van der Waals surface area contributed by atoms with Gasteiger partial charge in [0.05, 0.1) is 30.8 Å². The molecule has 0 aliphatic rings. The highest BCUT2D eigenvalue weighted by molar-refractivity contribution is 9.10. The number of fused-ring (bicyclic) bond motifs is 1. The second kappa shape index (κ2) is 12.0. The Bertz CT molecular complexity index is 1340. The van der Waals surface area contributed by atoms with Gasteiger partial charge in [-0.25, -0.2) is 9.78 Å². The summed E-state index contributed by atoms with van der Waals surface area (Å²) in [7, 11) is 1.28. The van der Waals surface area contributed by atoms with E-state index < -0.39 is 12.1 Å². The number of ether oxygens (including phenoxy) is 3. The minimum absolute atomic E-state index is 0.190. The third-order valence-electron chi connectivity index (χ3n) is 4.94. The summed E-state index contributed by atoms with van der Waals surface area (Å²) < 4.78 is 18.7. The maximum absolute atomic E-state index is 13.2. The van der Waals surface area contributed by atoms with Crippen LogP contribution in [-0.2, 0) is 16.0 Å². The van der Waals surface area contributed by atoms with Crippen LogP contribution in [-0.4, -0.2) is 41.7 Å². The number of carbonyl (C=O) groups excluding carboxylic acids is 1. The second-order valence-electron chi connectivity index (χ2n) is 7.44. The van der Waals surface area contributed by atoms with E-state index in [0.717, 1.165) is 10.9 Å². The van der Waals surface area contributed by atoms with Gasteiger partial charge >= 0.3 is 5.97 Å². The number of aromatic nitrogens is 2. The van der Waals surface area contributed by atoms with Crippen LogP contribution in [0.15, 0.2) is 43.1 Å². The zero-order valence-corrected chi connectivity index (χ0v) is 23.5. The largest absolute Gasteiger partial charge is 0.490 e. The molecule has 0 radical (unpaired) electrons. The van der Waals surface area contributed by atoms with Crippen molar-refractivity contribution in [1.82, 2.24) is 9.66 Å². The highest BCUT2D eigenvalue weighted by Gasteiger charge is 2.23. The van der Waals surface area contributed by atoms with E-state index in [1.54, 1.807) is 25.1 Å². The molecule has 8 nitrogen and oxygen atoms in total. The zero-order chi connectivity index (χ0) is 25.7. The van der Waals surface area contributed by atoms with Gasteiger partial charge in [0.15, 0.2) is 17.6 Å². The number of carbonyl (C=O) groups is 1. The molecule has 0 fully saturated rings. The van der Waals surface area contributed by atoms with Gasteiger partial charge < -0.3 is 14.2 Å². The molecule has 0 spiro atoms.